The summed E-state index contributed by atoms with van der Waals surface area (Å²) in [6.45, 7) is 0. The fourth-order valence-electron chi connectivity index (χ4n) is 4.31. The van der Waals surface area contributed by atoms with Crippen molar-refractivity contribution in [1.82, 2.24) is 0 Å². The van der Waals surface area contributed by atoms with Gasteiger partial charge >= 0.3 is 23.3 Å². The third-order valence-electron chi connectivity index (χ3n) is 6.83. The summed E-state index contributed by atoms with van der Waals surface area (Å²) in [7, 11) is -7.62. The number of ketones is 1. The van der Waals surface area contributed by atoms with Crippen molar-refractivity contribution in [2.45, 2.75) is 38.0 Å². The number of fused-ring (bicyclic) bond motifs is 1. The van der Waals surface area contributed by atoms with Gasteiger partial charge in [0.1, 0.15) is 5.75 Å². The fourth-order valence-corrected chi connectivity index (χ4v) is 6.88. The monoisotopic (exact) mass is 732 g/mol. The Bertz CT molecular complexity index is 2000. The molecule has 0 aliphatic heterocycles. The predicted octanol–water partition coefficient (Wildman–Crippen LogP) is 8.83. The van der Waals surface area contributed by atoms with Crippen molar-refractivity contribution < 1.29 is 62.4 Å². The Hall–Kier alpha value is -4.54. The van der Waals surface area contributed by atoms with Crippen LogP contribution in [0.2, 0.25) is 0 Å². The van der Waals surface area contributed by atoms with Crippen molar-refractivity contribution >= 4 is 37.6 Å². The van der Waals surface area contributed by atoms with Crippen molar-refractivity contribution in [1.29, 1.82) is 0 Å². The third-order valence-corrected chi connectivity index (χ3v) is 9.92. The summed E-state index contributed by atoms with van der Waals surface area (Å²) >= 11 is 0. The summed E-state index contributed by atoms with van der Waals surface area (Å²) in [5, 5.41) is 4.50. The molecule has 49 heavy (non-hydrogen) atoms. The fraction of sp³-hybridized carbons (Fsp3) is 0.121. The zero-order chi connectivity index (χ0) is 36.4. The third kappa shape index (κ3) is 7.55. The minimum absolute atomic E-state index is 0.0516. The normalized spacial score (nSPS) is 12.8. The van der Waals surface area contributed by atoms with Crippen molar-refractivity contribution in [2.24, 2.45) is 0 Å². The van der Waals surface area contributed by atoms with Crippen molar-refractivity contribution in [3.63, 3.8) is 0 Å². The van der Waals surface area contributed by atoms with E-state index in [4.69, 9.17) is 0 Å². The summed E-state index contributed by atoms with van der Waals surface area (Å²) in [6, 6.07) is 39.9. The van der Waals surface area contributed by atoms with Crippen LogP contribution in [0.4, 0.5) is 39.5 Å². The molecule has 258 valence electrons. The van der Waals surface area contributed by atoms with Gasteiger partial charge in [-0.05, 0) is 77.5 Å². The summed E-state index contributed by atoms with van der Waals surface area (Å²) in [6.07, 6.45) is -7.16. The Morgan fingerprint density at radius 1 is 0.571 bits per heavy atom. The minimum atomic E-state index is -7.43. The van der Waals surface area contributed by atoms with E-state index in [1.165, 1.54) is 26.8 Å². The summed E-state index contributed by atoms with van der Waals surface area (Å²) in [4.78, 5) is 16.7. The smallest absolute Gasteiger partial charge is 0.460 e. The highest BCUT2D eigenvalue weighted by atomic mass is 32.2. The molecule has 0 bridgehead atoms. The standard InChI is InChI=1S/C29H20O2S.C4HF9O3S/c30-25-16-13-21(14-17-25)29(31)24-12-11-23-20-28(18-15-22(23)19-24)32(26-7-3-1-4-8-26)27-9-5-2-6-10-27;5-1(6,3(9,10)11)2(7,8)4(12,13)17(14,15)16/h1-20H;(H,14,15,16). The second-order valence-corrected chi connectivity index (χ2v) is 13.6. The Kier molecular flexibility index (Phi) is 10.5. The van der Waals surface area contributed by atoms with Gasteiger partial charge < -0.3 is 9.66 Å². The number of hydrogen-bond donors (Lipinski definition) is 1. The Morgan fingerprint density at radius 3 is 1.49 bits per heavy atom. The van der Waals surface area contributed by atoms with E-state index in [0.717, 1.165) is 10.8 Å². The largest absolute Gasteiger partial charge is 0.743 e. The van der Waals surface area contributed by atoms with E-state index in [1.54, 1.807) is 12.1 Å². The Balaban J connectivity index is 0.000000272. The molecule has 5 rings (SSSR count). The van der Waals surface area contributed by atoms with Crippen molar-refractivity contribution in [2.75, 3.05) is 0 Å². The summed E-state index contributed by atoms with van der Waals surface area (Å²) in [5.41, 5.74) is 1.20. The average molecular weight is 733 g/mol. The number of carbonyl (C=O) groups is 1. The average Bonchev–Trinajstić information content (AvgIpc) is 3.05. The van der Waals surface area contributed by atoms with E-state index in [-0.39, 0.29) is 22.4 Å². The van der Waals surface area contributed by atoms with Crippen LogP contribution in [-0.4, -0.2) is 47.1 Å². The number of phenolic OH excluding ortho intramolecular Hbond substituents is 1. The minimum Gasteiger partial charge on any atom is -0.743 e. The van der Waals surface area contributed by atoms with Gasteiger partial charge in [-0.15, -0.1) is 0 Å². The van der Waals surface area contributed by atoms with Gasteiger partial charge in [-0.1, -0.05) is 48.5 Å². The molecule has 0 spiro atoms. The maximum Gasteiger partial charge on any atom is 0.460 e. The molecule has 0 aliphatic carbocycles. The number of alkyl halides is 9. The molecule has 16 heteroatoms. The first-order valence-electron chi connectivity index (χ1n) is 13.6. The predicted molar refractivity (Wildman–Crippen MR) is 161 cm³/mol. The van der Waals surface area contributed by atoms with Gasteiger partial charge in [0.25, 0.3) is 0 Å². The molecule has 1 N–H and O–H groups in total. The second-order valence-electron chi connectivity index (χ2n) is 10.1. The van der Waals surface area contributed by atoms with Crippen LogP contribution in [0.5, 0.6) is 5.75 Å². The van der Waals surface area contributed by atoms with Gasteiger partial charge in [0.15, 0.2) is 30.6 Å². The molecule has 0 heterocycles. The molecular weight excluding hydrogens is 711 g/mol. The highest BCUT2D eigenvalue weighted by Crippen LogP contribution is 2.54. The van der Waals surface area contributed by atoms with Crippen LogP contribution >= 0.6 is 0 Å². The first-order valence-corrected chi connectivity index (χ1v) is 16.2. The lowest BCUT2D eigenvalue weighted by Gasteiger charge is -2.34. The molecule has 0 atom stereocenters. The quantitative estimate of drug-likeness (QED) is 0.0745. The van der Waals surface area contributed by atoms with Crippen LogP contribution in [0, 0.1) is 0 Å². The zero-order valence-corrected chi connectivity index (χ0v) is 26.0. The molecule has 5 aromatic rings. The molecule has 5 nitrogen and oxygen atoms in total. The molecule has 0 aliphatic rings. The second kappa shape index (κ2) is 13.8. The Morgan fingerprint density at radius 2 is 1.02 bits per heavy atom. The van der Waals surface area contributed by atoms with Crippen LogP contribution in [-0.2, 0) is 21.0 Å². The van der Waals surface area contributed by atoms with Gasteiger partial charge in [0.2, 0.25) is 0 Å². The number of hydrogen-bond acceptors (Lipinski definition) is 5. The number of halogens is 9. The zero-order valence-electron chi connectivity index (χ0n) is 24.3. The van der Waals surface area contributed by atoms with E-state index in [9.17, 15) is 62.4 Å². The summed E-state index contributed by atoms with van der Waals surface area (Å²) in [5.74, 6) is -14.7. The molecule has 0 saturated carbocycles. The lowest BCUT2D eigenvalue weighted by molar-refractivity contribution is -0.382. The lowest BCUT2D eigenvalue weighted by Crippen LogP contribution is -2.63. The maximum atomic E-state index is 12.9. The van der Waals surface area contributed by atoms with E-state index < -0.39 is 33.4 Å². The van der Waals surface area contributed by atoms with Crippen LogP contribution in [0.3, 0.4) is 0 Å². The van der Waals surface area contributed by atoms with E-state index in [0.29, 0.717) is 11.1 Å². The highest BCUT2D eigenvalue weighted by molar-refractivity contribution is 7.97. The SMILES string of the molecule is O=C(c1ccc(O)cc1)c1ccc2cc([S+](c3ccccc3)c3ccccc3)ccc2c1.O=S(=O)([O-])C(F)(F)C(F)(F)C(F)(F)C(F)(F)F. The molecular formula is C33H21F9O5S2. The van der Waals surface area contributed by atoms with Gasteiger partial charge in [-0.2, -0.15) is 39.5 Å². The van der Waals surface area contributed by atoms with Crippen LogP contribution in [0.25, 0.3) is 10.8 Å². The van der Waals surface area contributed by atoms with Crippen LogP contribution < -0.4 is 0 Å². The maximum absolute atomic E-state index is 12.9. The molecule has 0 amide bonds. The van der Waals surface area contributed by atoms with Crippen molar-refractivity contribution in [3.05, 3.63) is 132 Å². The summed E-state index contributed by atoms with van der Waals surface area (Å²) < 4.78 is 135. The molecule has 0 saturated heterocycles. The van der Waals surface area contributed by atoms with Gasteiger partial charge in [0.05, 0.1) is 10.9 Å². The van der Waals surface area contributed by atoms with Crippen molar-refractivity contribution in [3.8, 4) is 5.75 Å². The number of benzene rings is 5. The van der Waals surface area contributed by atoms with Crippen LogP contribution in [0.15, 0.2) is 136 Å². The Labute approximate surface area is 275 Å². The molecule has 5 aromatic carbocycles. The van der Waals surface area contributed by atoms with Crippen LogP contribution in [0.1, 0.15) is 15.9 Å². The molecule has 0 aromatic heterocycles. The number of rotatable bonds is 8. The van der Waals surface area contributed by atoms with E-state index >= 15 is 0 Å². The highest BCUT2D eigenvalue weighted by Gasteiger charge is 2.83. The van der Waals surface area contributed by atoms with E-state index in [2.05, 4.69) is 66.7 Å². The first-order chi connectivity index (χ1) is 22.7. The number of phenols is 1. The lowest BCUT2D eigenvalue weighted by atomic mass is 10.00. The van der Waals surface area contributed by atoms with E-state index in [1.807, 2.05) is 30.3 Å². The molecule has 0 radical (unpaired) electrons. The van der Waals surface area contributed by atoms with Gasteiger partial charge in [0, 0.05) is 17.2 Å². The molecule has 0 fully saturated rings. The topological polar surface area (TPSA) is 94.5 Å². The molecule has 0 unspecified atom stereocenters. The number of aromatic hydroxyl groups is 1. The first kappa shape index (κ1) is 37.3. The van der Waals surface area contributed by atoms with Gasteiger partial charge in [-0.3, -0.25) is 4.79 Å². The number of carbonyl (C=O) groups excluding carboxylic acids is 1. The van der Waals surface area contributed by atoms with Gasteiger partial charge in [-0.25, -0.2) is 8.42 Å².